The Balaban J connectivity index is 1.45. The highest BCUT2D eigenvalue weighted by atomic mass is 32.2. The van der Waals surface area contributed by atoms with Crippen LogP contribution < -0.4 is 0 Å². The third-order valence-electron chi connectivity index (χ3n) is 5.50. The van der Waals surface area contributed by atoms with E-state index in [1.165, 1.54) is 22.8 Å². The summed E-state index contributed by atoms with van der Waals surface area (Å²) in [6.45, 7) is 0.176. The standard InChI is InChI=1S/C20H16FN7O2S/c21-15-1-3-16(4-2-15)31(29,30)27-11-20(12-27,6-7-22)28-10-14(9-26-28)18-17-5-8-23-19(17)25-13-24-18/h1-5,8-10,13H,6,11-12H2,(H,23,24,25). The maximum atomic E-state index is 13.2. The van der Waals surface area contributed by atoms with Gasteiger partial charge in [-0.15, -0.1) is 0 Å². The van der Waals surface area contributed by atoms with Crippen LogP contribution in [-0.2, 0) is 15.6 Å². The Hall–Kier alpha value is -3.62. The molecule has 0 bridgehead atoms. The lowest BCUT2D eigenvalue weighted by Gasteiger charge is -2.47. The molecule has 11 heteroatoms. The topological polar surface area (TPSA) is 121 Å². The number of aromatic amines is 1. The van der Waals surface area contributed by atoms with Crippen LogP contribution in [-0.4, -0.2) is 50.5 Å². The number of H-pyrrole nitrogens is 1. The molecule has 1 N–H and O–H groups in total. The molecule has 0 spiro atoms. The van der Waals surface area contributed by atoms with Crippen molar-refractivity contribution < 1.29 is 12.8 Å². The Morgan fingerprint density at radius 1 is 1.19 bits per heavy atom. The van der Waals surface area contributed by atoms with E-state index in [0.29, 0.717) is 11.3 Å². The van der Waals surface area contributed by atoms with E-state index < -0.39 is 21.4 Å². The van der Waals surface area contributed by atoms with Gasteiger partial charge in [-0.1, -0.05) is 0 Å². The van der Waals surface area contributed by atoms with Gasteiger partial charge >= 0.3 is 0 Å². The minimum atomic E-state index is -3.79. The number of halogens is 1. The molecule has 1 aromatic carbocycles. The summed E-state index contributed by atoms with van der Waals surface area (Å²) in [5, 5.41) is 14.6. The predicted molar refractivity (Wildman–Crippen MR) is 108 cm³/mol. The predicted octanol–water partition coefficient (Wildman–Crippen LogP) is 2.27. The zero-order valence-electron chi connectivity index (χ0n) is 16.1. The number of aromatic nitrogens is 5. The molecular formula is C20H16FN7O2S. The second kappa shape index (κ2) is 6.97. The summed E-state index contributed by atoms with van der Waals surface area (Å²) >= 11 is 0. The molecule has 0 amide bonds. The van der Waals surface area contributed by atoms with Crippen LogP contribution >= 0.6 is 0 Å². The minimum absolute atomic E-state index is 0.0106. The van der Waals surface area contributed by atoms with Crippen molar-refractivity contribution in [3.8, 4) is 17.3 Å². The van der Waals surface area contributed by atoms with Crippen molar-refractivity contribution in [3.63, 3.8) is 0 Å². The van der Waals surface area contributed by atoms with Gasteiger partial charge < -0.3 is 4.98 Å². The zero-order chi connectivity index (χ0) is 21.6. The molecule has 4 aromatic rings. The number of nitrogens with zero attached hydrogens (tertiary/aromatic N) is 6. The van der Waals surface area contributed by atoms with Crippen LogP contribution in [0.1, 0.15) is 6.42 Å². The van der Waals surface area contributed by atoms with Gasteiger partial charge in [0.2, 0.25) is 10.0 Å². The van der Waals surface area contributed by atoms with Crippen molar-refractivity contribution in [2.24, 2.45) is 0 Å². The molecule has 0 radical (unpaired) electrons. The molecule has 0 aliphatic carbocycles. The van der Waals surface area contributed by atoms with Crippen molar-refractivity contribution in [2.75, 3.05) is 13.1 Å². The number of benzene rings is 1. The molecule has 31 heavy (non-hydrogen) atoms. The Morgan fingerprint density at radius 3 is 2.71 bits per heavy atom. The van der Waals surface area contributed by atoms with E-state index in [9.17, 15) is 18.1 Å². The lowest BCUT2D eigenvalue weighted by molar-refractivity contribution is 0.0717. The number of fused-ring (bicyclic) bond motifs is 1. The Labute approximate surface area is 176 Å². The van der Waals surface area contributed by atoms with E-state index in [1.807, 2.05) is 6.07 Å². The van der Waals surface area contributed by atoms with Crippen LogP contribution in [0.2, 0.25) is 0 Å². The van der Waals surface area contributed by atoms with Gasteiger partial charge in [-0.3, -0.25) is 4.68 Å². The van der Waals surface area contributed by atoms with Crippen molar-refractivity contribution in [2.45, 2.75) is 16.9 Å². The van der Waals surface area contributed by atoms with Crippen LogP contribution in [0.4, 0.5) is 4.39 Å². The fourth-order valence-electron chi connectivity index (χ4n) is 3.83. The van der Waals surface area contributed by atoms with Crippen LogP contribution in [0, 0.1) is 17.1 Å². The van der Waals surface area contributed by atoms with Gasteiger partial charge in [0.15, 0.2) is 0 Å². The largest absolute Gasteiger partial charge is 0.346 e. The van der Waals surface area contributed by atoms with E-state index in [1.54, 1.807) is 23.3 Å². The van der Waals surface area contributed by atoms with Crippen LogP contribution in [0.5, 0.6) is 0 Å². The molecule has 9 nitrogen and oxygen atoms in total. The molecule has 5 rings (SSSR count). The van der Waals surface area contributed by atoms with Gasteiger partial charge in [0, 0.05) is 36.4 Å². The van der Waals surface area contributed by atoms with Gasteiger partial charge in [-0.25, -0.2) is 22.8 Å². The number of sulfonamides is 1. The van der Waals surface area contributed by atoms with Crippen molar-refractivity contribution in [1.29, 1.82) is 5.26 Å². The van der Waals surface area contributed by atoms with Gasteiger partial charge in [-0.2, -0.15) is 14.7 Å². The summed E-state index contributed by atoms with van der Waals surface area (Å²) in [6.07, 6.45) is 6.73. The monoisotopic (exact) mass is 437 g/mol. The summed E-state index contributed by atoms with van der Waals surface area (Å²) < 4.78 is 41.8. The molecular weight excluding hydrogens is 421 g/mol. The second-order valence-corrected chi connectivity index (χ2v) is 9.36. The van der Waals surface area contributed by atoms with Crippen molar-refractivity contribution in [1.82, 2.24) is 29.0 Å². The molecule has 0 saturated carbocycles. The maximum absolute atomic E-state index is 13.2. The molecule has 0 atom stereocenters. The van der Waals surface area contributed by atoms with Crippen LogP contribution in [0.3, 0.4) is 0 Å². The molecule has 1 aliphatic heterocycles. The SMILES string of the molecule is N#CCC1(n2cc(-c3ncnc4[nH]ccc34)cn2)CN(S(=O)(=O)c2ccc(F)cc2)C1. The van der Waals surface area contributed by atoms with E-state index >= 15 is 0 Å². The third kappa shape index (κ3) is 3.08. The summed E-state index contributed by atoms with van der Waals surface area (Å²) in [7, 11) is -3.79. The highest BCUT2D eigenvalue weighted by Crippen LogP contribution is 2.37. The first-order valence-corrected chi connectivity index (χ1v) is 10.8. The average molecular weight is 437 g/mol. The summed E-state index contributed by atoms with van der Waals surface area (Å²) in [5.41, 5.74) is 1.35. The molecule has 1 aliphatic rings. The quantitative estimate of drug-likeness (QED) is 0.511. The fourth-order valence-corrected chi connectivity index (χ4v) is 5.43. The first-order valence-electron chi connectivity index (χ1n) is 9.39. The van der Waals surface area contributed by atoms with Crippen molar-refractivity contribution in [3.05, 3.63) is 61.1 Å². The minimum Gasteiger partial charge on any atom is -0.346 e. The zero-order valence-corrected chi connectivity index (χ0v) is 16.9. The Morgan fingerprint density at radius 2 is 1.97 bits per heavy atom. The number of nitriles is 1. The van der Waals surface area contributed by atoms with E-state index in [2.05, 4.69) is 26.1 Å². The van der Waals surface area contributed by atoms with Gasteiger partial charge in [0.1, 0.15) is 23.3 Å². The fraction of sp³-hybridized carbons (Fsp3) is 0.200. The summed E-state index contributed by atoms with van der Waals surface area (Å²) in [4.78, 5) is 11.6. The summed E-state index contributed by atoms with van der Waals surface area (Å²) in [6, 6.07) is 8.70. The van der Waals surface area contributed by atoms with E-state index in [-0.39, 0.29) is 24.4 Å². The highest BCUT2D eigenvalue weighted by Gasteiger charge is 2.50. The number of nitrogens with one attached hydrogen (secondary N) is 1. The van der Waals surface area contributed by atoms with E-state index in [0.717, 1.165) is 23.1 Å². The number of hydrogen-bond donors (Lipinski definition) is 1. The first kappa shape index (κ1) is 19.3. The second-order valence-electron chi connectivity index (χ2n) is 7.42. The molecule has 1 saturated heterocycles. The molecule has 3 aromatic heterocycles. The lowest BCUT2D eigenvalue weighted by Crippen LogP contribution is -2.64. The van der Waals surface area contributed by atoms with Crippen LogP contribution in [0.15, 0.2) is 60.1 Å². The molecule has 1 fully saturated rings. The van der Waals surface area contributed by atoms with Gasteiger partial charge in [0.05, 0.1) is 29.3 Å². The number of hydrogen-bond acceptors (Lipinski definition) is 6. The maximum Gasteiger partial charge on any atom is 0.243 e. The molecule has 156 valence electrons. The third-order valence-corrected chi connectivity index (χ3v) is 7.30. The first-order chi connectivity index (χ1) is 14.9. The van der Waals surface area contributed by atoms with E-state index in [4.69, 9.17) is 0 Å². The molecule has 4 heterocycles. The van der Waals surface area contributed by atoms with Crippen molar-refractivity contribution >= 4 is 21.1 Å². The lowest BCUT2D eigenvalue weighted by atomic mass is 9.89. The normalized spacial score (nSPS) is 16.1. The van der Waals surface area contributed by atoms with Crippen LogP contribution in [0.25, 0.3) is 22.3 Å². The smallest absolute Gasteiger partial charge is 0.243 e. The Bertz CT molecular complexity index is 1410. The highest BCUT2D eigenvalue weighted by molar-refractivity contribution is 7.89. The summed E-state index contributed by atoms with van der Waals surface area (Å²) in [5.74, 6) is -0.508. The van der Waals surface area contributed by atoms with Gasteiger partial charge in [0.25, 0.3) is 0 Å². The molecule has 0 unspecified atom stereocenters. The van der Waals surface area contributed by atoms with Gasteiger partial charge in [-0.05, 0) is 30.3 Å². The Kier molecular flexibility index (Phi) is 4.35. The number of rotatable bonds is 5. The average Bonchev–Trinajstić information content (AvgIpc) is 3.40.